The van der Waals surface area contributed by atoms with Crippen LogP contribution in [0.4, 0.5) is 13.2 Å². The van der Waals surface area contributed by atoms with Gasteiger partial charge in [0.05, 0.1) is 5.02 Å². The smallest absolute Gasteiger partial charge is 0.142 e. The van der Waals surface area contributed by atoms with Gasteiger partial charge in [0, 0.05) is 12.0 Å². The highest BCUT2D eigenvalue weighted by Gasteiger charge is 2.14. The van der Waals surface area contributed by atoms with Crippen LogP contribution in [-0.2, 0) is 6.42 Å². The van der Waals surface area contributed by atoms with Crippen LogP contribution < -0.4 is 0 Å². The zero-order chi connectivity index (χ0) is 19.7. The molecule has 4 rings (SSSR count). The normalized spacial score (nSPS) is 12.3. The molecule has 0 heterocycles. The topological polar surface area (TPSA) is 0 Å². The van der Waals surface area contributed by atoms with E-state index in [-0.39, 0.29) is 17.0 Å². The molecule has 0 saturated heterocycles. The Morgan fingerprint density at radius 1 is 0.750 bits per heavy atom. The first-order valence-corrected chi connectivity index (χ1v) is 9.26. The number of hydrogen-bond acceptors (Lipinski definition) is 0. The summed E-state index contributed by atoms with van der Waals surface area (Å²) in [6.45, 7) is 0. The van der Waals surface area contributed by atoms with E-state index >= 15 is 0 Å². The molecule has 4 heteroatoms. The quantitative estimate of drug-likeness (QED) is 0.331. The second-order valence-corrected chi connectivity index (χ2v) is 7.13. The van der Waals surface area contributed by atoms with Gasteiger partial charge < -0.3 is 0 Å². The van der Waals surface area contributed by atoms with Crippen molar-refractivity contribution in [3.05, 3.63) is 107 Å². The zero-order valence-electron chi connectivity index (χ0n) is 14.8. The van der Waals surface area contributed by atoms with E-state index in [1.54, 1.807) is 24.3 Å². The lowest BCUT2D eigenvalue weighted by Crippen LogP contribution is -1.98. The van der Waals surface area contributed by atoms with Crippen molar-refractivity contribution in [1.29, 1.82) is 0 Å². The maximum atomic E-state index is 14.8. The number of alkyl halides is 1. The molecule has 1 atom stereocenters. The van der Waals surface area contributed by atoms with Gasteiger partial charge in [-0.3, -0.25) is 0 Å². The van der Waals surface area contributed by atoms with Gasteiger partial charge in [-0.1, -0.05) is 66.2 Å². The Kier molecular flexibility index (Phi) is 5.10. The van der Waals surface area contributed by atoms with Gasteiger partial charge in [-0.2, -0.15) is 0 Å². The molecule has 0 aliphatic heterocycles. The van der Waals surface area contributed by atoms with Crippen LogP contribution in [0.3, 0.4) is 0 Å². The van der Waals surface area contributed by atoms with Crippen LogP contribution in [-0.4, -0.2) is 0 Å². The molecule has 4 aromatic rings. The number of benzene rings is 4. The van der Waals surface area contributed by atoms with Gasteiger partial charge in [0.1, 0.15) is 17.8 Å². The van der Waals surface area contributed by atoms with Crippen LogP contribution in [0.25, 0.3) is 21.9 Å². The molecule has 28 heavy (non-hydrogen) atoms. The summed E-state index contributed by atoms with van der Waals surface area (Å²) in [5, 5.41) is 1.99. The first kappa shape index (κ1) is 18.6. The Labute approximate surface area is 166 Å². The molecule has 0 aliphatic rings. The Morgan fingerprint density at radius 3 is 2.29 bits per heavy atom. The van der Waals surface area contributed by atoms with Gasteiger partial charge in [-0.25, -0.2) is 13.2 Å². The molecule has 0 saturated carbocycles. The molecule has 0 spiro atoms. The van der Waals surface area contributed by atoms with Crippen molar-refractivity contribution in [1.82, 2.24) is 0 Å². The molecular formula is C24H16ClF3. The fraction of sp³-hybridized carbons (Fsp3) is 0.0833. The Morgan fingerprint density at radius 2 is 1.54 bits per heavy atom. The van der Waals surface area contributed by atoms with E-state index < -0.39 is 17.8 Å². The number of rotatable bonds is 4. The lowest BCUT2D eigenvalue weighted by molar-refractivity contribution is 0.342. The maximum absolute atomic E-state index is 14.8. The fourth-order valence-corrected chi connectivity index (χ4v) is 3.43. The number of fused-ring (bicyclic) bond motifs is 1. The summed E-state index contributed by atoms with van der Waals surface area (Å²) < 4.78 is 43.0. The van der Waals surface area contributed by atoms with Crippen LogP contribution in [0.2, 0.25) is 5.02 Å². The predicted molar refractivity (Wildman–Crippen MR) is 108 cm³/mol. The van der Waals surface area contributed by atoms with E-state index in [1.165, 1.54) is 18.2 Å². The standard InChI is InChI=1S/C24H16ClF3/c25-21-10-8-18(14-24(21)28)20-9-5-15(12-23(20)27)11-22(26)19-7-6-16-3-1-2-4-17(16)13-19/h1-10,12-14,22H,11H2. The molecule has 1 unspecified atom stereocenters. The van der Waals surface area contributed by atoms with Crippen molar-refractivity contribution in [2.45, 2.75) is 12.6 Å². The molecular weight excluding hydrogens is 381 g/mol. The zero-order valence-corrected chi connectivity index (χ0v) is 15.6. The van der Waals surface area contributed by atoms with E-state index in [9.17, 15) is 13.2 Å². The van der Waals surface area contributed by atoms with Crippen molar-refractivity contribution in [3.8, 4) is 11.1 Å². The molecule has 0 amide bonds. The van der Waals surface area contributed by atoms with Gasteiger partial charge in [-0.15, -0.1) is 0 Å². The minimum absolute atomic E-state index is 0.0172. The summed E-state index contributed by atoms with van der Waals surface area (Å²) in [6.07, 6.45) is -1.19. The third-order valence-electron chi connectivity index (χ3n) is 4.81. The van der Waals surface area contributed by atoms with E-state index in [2.05, 4.69) is 0 Å². The van der Waals surface area contributed by atoms with Crippen LogP contribution in [0, 0.1) is 11.6 Å². The first-order valence-electron chi connectivity index (χ1n) is 8.88. The van der Waals surface area contributed by atoms with Crippen molar-refractivity contribution in [3.63, 3.8) is 0 Å². The first-order chi connectivity index (χ1) is 13.5. The van der Waals surface area contributed by atoms with Crippen molar-refractivity contribution >= 4 is 22.4 Å². The number of halogens is 4. The Bertz CT molecular complexity index is 1150. The third-order valence-corrected chi connectivity index (χ3v) is 5.12. The molecule has 0 radical (unpaired) electrons. The highest BCUT2D eigenvalue weighted by Crippen LogP contribution is 2.30. The maximum Gasteiger partial charge on any atom is 0.142 e. The summed E-state index contributed by atoms with van der Waals surface area (Å²) in [4.78, 5) is 0. The second kappa shape index (κ2) is 7.69. The lowest BCUT2D eigenvalue weighted by atomic mass is 9.97. The molecule has 140 valence electrons. The molecule has 0 N–H and O–H groups in total. The summed E-state index contributed by atoms with van der Waals surface area (Å²) in [5.74, 6) is -1.13. The van der Waals surface area contributed by atoms with Gasteiger partial charge >= 0.3 is 0 Å². The minimum atomic E-state index is -1.25. The number of hydrogen-bond donors (Lipinski definition) is 0. The summed E-state index contributed by atoms with van der Waals surface area (Å²) in [7, 11) is 0. The fourth-order valence-electron chi connectivity index (χ4n) is 3.31. The van der Waals surface area contributed by atoms with Crippen molar-refractivity contribution < 1.29 is 13.2 Å². The van der Waals surface area contributed by atoms with Crippen molar-refractivity contribution in [2.75, 3.05) is 0 Å². The highest BCUT2D eigenvalue weighted by atomic mass is 35.5. The van der Waals surface area contributed by atoms with Crippen molar-refractivity contribution in [2.24, 2.45) is 0 Å². The van der Waals surface area contributed by atoms with E-state index in [4.69, 9.17) is 11.6 Å². The second-order valence-electron chi connectivity index (χ2n) is 6.72. The summed E-state index contributed by atoms with van der Waals surface area (Å²) in [6, 6.07) is 21.9. The Hall–Kier alpha value is -2.78. The van der Waals surface area contributed by atoms with Gasteiger partial charge in [0.25, 0.3) is 0 Å². The minimum Gasteiger partial charge on any atom is -0.242 e. The van der Waals surface area contributed by atoms with Crippen LogP contribution in [0.5, 0.6) is 0 Å². The predicted octanol–water partition coefficient (Wildman–Crippen LogP) is 7.69. The highest BCUT2D eigenvalue weighted by molar-refractivity contribution is 6.30. The molecule has 0 fully saturated rings. The molecule has 0 bridgehead atoms. The SMILES string of the molecule is Fc1cc(-c2ccc(CC(F)c3ccc4ccccc4c3)cc2F)ccc1Cl. The summed E-state index contributed by atoms with van der Waals surface area (Å²) in [5.41, 5.74) is 1.73. The molecule has 0 aliphatic carbocycles. The Balaban J connectivity index is 1.57. The largest absolute Gasteiger partial charge is 0.242 e. The van der Waals surface area contributed by atoms with Crippen LogP contribution in [0.15, 0.2) is 78.9 Å². The molecule has 0 nitrogen and oxygen atoms in total. The monoisotopic (exact) mass is 396 g/mol. The van der Waals surface area contributed by atoms with E-state index in [0.29, 0.717) is 16.7 Å². The van der Waals surface area contributed by atoms with Gasteiger partial charge in [0.2, 0.25) is 0 Å². The summed E-state index contributed by atoms with van der Waals surface area (Å²) >= 11 is 5.67. The average molecular weight is 397 g/mol. The van der Waals surface area contributed by atoms with E-state index in [1.807, 2.05) is 36.4 Å². The lowest BCUT2D eigenvalue weighted by Gasteiger charge is -2.12. The van der Waals surface area contributed by atoms with Gasteiger partial charge in [-0.05, 0) is 51.7 Å². The molecule has 0 aromatic heterocycles. The van der Waals surface area contributed by atoms with Gasteiger partial charge in [0.15, 0.2) is 0 Å². The van der Waals surface area contributed by atoms with E-state index in [0.717, 1.165) is 10.8 Å². The molecule has 4 aromatic carbocycles. The van der Waals surface area contributed by atoms with Crippen LogP contribution in [0.1, 0.15) is 17.3 Å². The third kappa shape index (κ3) is 3.76. The average Bonchev–Trinajstić information content (AvgIpc) is 2.70. The van der Waals surface area contributed by atoms with Crippen LogP contribution >= 0.6 is 11.6 Å².